The van der Waals surface area contributed by atoms with Gasteiger partial charge in [0, 0.05) is 12.2 Å². The first-order valence-corrected chi connectivity index (χ1v) is 6.62. The van der Waals surface area contributed by atoms with Crippen molar-refractivity contribution >= 4 is 0 Å². The third-order valence-corrected chi connectivity index (χ3v) is 3.72. The lowest BCUT2D eigenvalue weighted by atomic mass is 9.90. The Morgan fingerprint density at radius 2 is 1.94 bits per heavy atom. The zero-order valence-corrected chi connectivity index (χ0v) is 10.2. The van der Waals surface area contributed by atoms with Gasteiger partial charge in [0.05, 0.1) is 6.20 Å². The number of rotatable bonds is 3. The van der Waals surface area contributed by atoms with Crippen molar-refractivity contribution in [2.45, 2.75) is 51.0 Å². The van der Waals surface area contributed by atoms with E-state index in [1.807, 2.05) is 0 Å². The molecule has 1 unspecified atom stereocenters. The lowest BCUT2D eigenvalue weighted by molar-refractivity contribution is 0.392. The highest BCUT2D eigenvalue weighted by Gasteiger charge is 2.17. The fourth-order valence-corrected chi connectivity index (χ4v) is 2.73. The summed E-state index contributed by atoms with van der Waals surface area (Å²) in [7, 11) is 0. The minimum absolute atomic E-state index is 0.0682. The first kappa shape index (κ1) is 12.5. The minimum Gasteiger partial charge on any atom is -0.324 e. The predicted octanol–water partition coefficient (Wildman–Crippen LogP) is 3.58. The van der Waals surface area contributed by atoms with Crippen molar-refractivity contribution in [2.75, 3.05) is 0 Å². The Kier molecular flexibility index (Phi) is 4.49. The highest BCUT2D eigenvalue weighted by atomic mass is 19.1. The summed E-state index contributed by atoms with van der Waals surface area (Å²) < 4.78 is 13.1. The van der Waals surface area contributed by atoms with Gasteiger partial charge >= 0.3 is 0 Å². The summed E-state index contributed by atoms with van der Waals surface area (Å²) in [5.74, 6) is 0.412. The van der Waals surface area contributed by atoms with E-state index in [9.17, 15) is 4.39 Å². The Labute approximate surface area is 102 Å². The van der Waals surface area contributed by atoms with Crippen LogP contribution in [-0.4, -0.2) is 4.98 Å². The molecule has 2 nitrogen and oxygen atoms in total. The summed E-state index contributed by atoms with van der Waals surface area (Å²) in [6.07, 6.45) is 11.8. The molecule has 0 bridgehead atoms. The van der Waals surface area contributed by atoms with Crippen molar-refractivity contribution in [3.8, 4) is 0 Å². The molecule has 0 saturated heterocycles. The molecule has 1 fully saturated rings. The van der Waals surface area contributed by atoms with Gasteiger partial charge in [0.1, 0.15) is 5.82 Å². The maximum absolute atomic E-state index is 13.1. The van der Waals surface area contributed by atoms with Gasteiger partial charge in [-0.1, -0.05) is 38.5 Å². The molecule has 0 spiro atoms. The highest BCUT2D eigenvalue weighted by molar-refractivity contribution is 5.14. The molecule has 1 saturated carbocycles. The van der Waals surface area contributed by atoms with Gasteiger partial charge in [0.25, 0.3) is 0 Å². The molecular formula is C14H21FN2. The molecule has 0 aliphatic heterocycles. The summed E-state index contributed by atoms with van der Waals surface area (Å²) in [5, 5.41) is 0. The van der Waals surface area contributed by atoms with E-state index < -0.39 is 0 Å². The molecule has 94 valence electrons. The molecule has 17 heavy (non-hydrogen) atoms. The van der Waals surface area contributed by atoms with Gasteiger partial charge in [-0.15, -0.1) is 0 Å². The molecule has 0 aromatic carbocycles. The van der Waals surface area contributed by atoms with Crippen molar-refractivity contribution in [3.05, 3.63) is 29.8 Å². The topological polar surface area (TPSA) is 38.9 Å². The van der Waals surface area contributed by atoms with E-state index in [2.05, 4.69) is 4.98 Å². The standard InChI is InChI=1S/C14H21FN2/c15-13-8-12(9-17-10-13)14(16)7-11-5-3-1-2-4-6-11/h8-11,14H,1-7,16H2. The predicted molar refractivity (Wildman–Crippen MR) is 66.9 cm³/mol. The fourth-order valence-electron chi connectivity index (χ4n) is 2.73. The van der Waals surface area contributed by atoms with E-state index >= 15 is 0 Å². The largest absolute Gasteiger partial charge is 0.324 e. The average molecular weight is 236 g/mol. The van der Waals surface area contributed by atoms with Crippen LogP contribution in [-0.2, 0) is 0 Å². The number of hydrogen-bond acceptors (Lipinski definition) is 2. The van der Waals surface area contributed by atoms with Gasteiger partial charge in [0.15, 0.2) is 0 Å². The van der Waals surface area contributed by atoms with Crippen molar-refractivity contribution in [3.63, 3.8) is 0 Å². The summed E-state index contributed by atoms with van der Waals surface area (Å²) >= 11 is 0. The van der Waals surface area contributed by atoms with Crippen LogP contribution in [0, 0.1) is 11.7 Å². The van der Waals surface area contributed by atoms with Crippen LogP contribution >= 0.6 is 0 Å². The molecule has 1 aliphatic carbocycles. The molecule has 1 aromatic rings. The summed E-state index contributed by atoms with van der Waals surface area (Å²) in [5.41, 5.74) is 6.97. The van der Waals surface area contributed by atoms with E-state index in [0.29, 0.717) is 5.92 Å². The Morgan fingerprint density at radius 3 is 2.59 bits per heavy atom. The van der Waals surface area contributed by atoms with Gasteiger partial charge in [-0.3, -0.25) is 4.98 Å². The van der Waals surface area contributed by atoms with Gasteiger partial charge in [-0.05, 0) is 24.0 Å². The first-order chi connectivity index (χ1) is 8.25. The molecule has 0 radical (unpaired) electrons. The number of nitrogens with two attached hydrogens (primary N) is 1. The van der Waals surface area contributed by atoms with Crippen LogP contribution in [0.25, 0.3) is 0 Å². The zero-order valence-electron chi connectivity index (χ0n) is 10.2. The first-order valence-electron chi connectivity index (χ1n) is 6.62. The number of pyridine rings is 1. The maximum Gasteiger partial charge on any atom is 0.141 e. The molecule has 0 amide bonds. The normalized spacial score (nSPS) is 19.9. The van der Waals surface area contributed by atoms with Gasteiger partial charge in [-0.2, -0.15) is 0 Å². The number of halogens is 1. The Bertz CT molecular complexity index is 346. The van der Waals surface area contributed by atoms with Crippen molar-refractivity contribution in [1.29, 1.82) is 0 Å². The van der Waals surface area contributed by atoms with Crippen LogP contribution in [0.2, 0.25) is 0 Å². The smallest absolute Gasteiger partial charge is 0.141 e. The molecule has 1 heterocycles. The van der Waals surface area contributed by atoms with E-state index in [1.54, 1.807) is 6.20 Å². The third kappa shape index (κ3) is 3.77. The van der Waals surface area contributed by atoms with Crippen LogP contribution in [0.5, 0.6) is 0 Å². The van der Waals surface area contributed by atoms with Crippen LogP contribution in [0.4, 0.5) is 4.39 Å². The van der Waals surface area contributed by atoms with Crippen molar-refractivity contribution in [2.24, 2.45) is 11.7 Å². The number of hydrogen-bond donors (Lipinski definition) is 1. The molecule has 2 N–H and O–H groups in total. The second-order valence-electron chi connectivity index (χ2n) is 5.14. The number of nitrogens with zero attached hydrogens (tertiary/aromatic N) is 1. The Balaban J connectivity index is 1.93. The SMILES string of the molecule is NC(CC1CCCCCC1)c1cncc(F)c1. The van der Waals surface area contributed by atoms with E-state index in [1.165, 1.54) is 50.8 Å². The minimum atomic E-state index is -0.293. The van der Waals surface area contributed by atoms with Crippen molar-refractivity contribution in [1.82, 2.24) is 4.98 Å². The monoisotopic (exact) mass is 236 g/mol. The summed E-state index contributed by atoms with van der Waals surface area (Å²) in [6.45, 7) is 0. The lowest BCUT2D eigenvalue weighted by Gasteiger charge is -2.19. The quantitative estimate of drug-likeness (QED) is 0.815. The molecule has 1 aliphatic rings. The second kappa shape index (κ2) is 6.10. The van der Waals surface area contributed by atoms with E-state index in [4.69, 9.17) is 5.73 Å². The second-order valence-corrected chi connectivity index (χ2v) is 5.14. The lowest BCUT2D eigenvalue weighted by Crippen LogP contribution is -2.15. The van der Waals surface area contributed by atoms with Crippen LogP contribution < -0.4 is 5.73 Å². The third-order valence-electron chi connectivity index (χ3n) is 3.72. The zero-order chi connectivity index (χ0) is 12.1. The fraction of sp³-hybridized carbons (Fsp3) is 0.643. The van der Waals surface area contributed by atoms with E-state index in [-0.39, 0.29) is 11.9 Å². The number of aromatic nitrogens is 1. The molecule has 3 heteroatoms. The van der Waals surface area contributed by atoms with Crippen LogP contribution in [0.3, 0.4) is 0 Å². The van der Waals surface area contributed by atoms with Gasteiger partial charge in [-0.25, -0.2) is 4.39 Å². The Morgan fingerprint density at radius 1 is 1.24 bits per heavy atom. The summed E-state index contributed by atoms with van der Waals surface area (Å²) in [6, 6.07) is 1.44. The molecule has 1 aromatic heterocycles. The van der Waals surface area contributed by atoms with Crippen LogP contribution in [0.1, 0.15) is 56.6 Å². The molecule has 1 atom stereocenters. The molecule has 2 rings (SSSR count). The maximum atomic E-state index is 13.1. The van der Waals surface area contributed by atoms with Crippen molar-refractivity contribution < 1.29 is 4.39 Å². The van der Waals surface area contributed by atoms with Gasteiger partial charge < -0.3 is 5.73 Å². The Hall–Kier alpha value is -0.960. The molecular weight excluding hydrogens is 215 g/mol. The average Bonchev–Trinajstić information content (AvgIpc) is 2.57. The summed E-state index contributed by atoms with van der Waals surface area (Å²) in [4.78, 5) is 3.86. The highest BCUT2D eigenvalue weighted by Crippen LogP contribution is 2.29. The van der Waals surface area contributed by atoms with E-state index in [0.717, 1.165) is 12.0 Å². The van der Waals surface area contributed by atoms with Gasteiger partial charge in [0.2, 0.25) is 0 Å². The van der Waals surface area contributed by atoms with Crippen LogP contribution in [0.15, 0.2) is 18.5 Å².